The van der Waals surface area contributed by atoms with Crippen molar-refractivity contribution in [3.63, 3.8) is 0 Å². The third-order valence-electron chi connectivity index (χ3n) is 2.08. The van der Waals surface area contributed by atoms with Crippen LogP contribution in [0.15, 0.2) is 22.8 Å². The van der Waals surface area contributed by atoms with E-state index in [0.29, 0.717) is 5.92 Å². The summed E-state index contributed by atoms with van der Waals surface area (Å²) >= 11 is 11.0. The van der Waals surface area contributed by atoms with Gasteiger partial charge < -0.3 is 0 Å². The van der Waals surface area contributed by atoms with Crippen molar-refractivity contribution in [1.29, 1.82) is 0 Å². The molecule has 2 aromatic heterocycles. The van der Waals surface area contributed by atoms with Crippen LogP contribution in [-0.2, 0) is 6.54 Å². The van der Waals surface area contributed by atoms with E-state index in [1.165, 1.54) is 0 Å². The summed E-state index contributed by atoms with van der Waals surface area (Å²) < 4.78 is 3.78. The molecule has 5 heteroatoms. The molecule has 0 bridgehead atoms. The monoisotopic (exact) mass is 318 g/mol. The lowest BCUT2D eigenvalue weighted by atomic mass is 10.2. The molecule has 2 aromatic rings. The Morgan fingerprint density at radius 3 is 2.81 bits per heavy atom. The smallest absolute Gasteiger partial charge is 0.116 e. The van der Waals surface area contributed by atoms with Crippen LogP contribution in [0.5, 0.6) is 0 Å². The highest BCUT2D eigenvalue weighted by atomic mass is 79.9. The van der Waals surface area contributed by atoms with Crippen LogP contribution in [0.4, 0.5) is 0 Å². The molecule has 0 aromatic carbocycles. The summed E-state index contributed by atoms with van der Waals surface area (Å²) in [4.78, 5) is 1.10. The predicted molar refractivity (Wildman–Crippen MR) is 73.1 cm³/mol. The molecule has 0 atom stereocenters. The molecule has 0 N–H and O–H groups in total. The fourth-order valence-electron chi connectivity index (χ4n) is 1.47. The van der Waals surface area contributed by atoms with Gasteiger partial charge >= 0.3 is 0 Å². The van der Waals surface area contributed by atoms with Crippen molar-refractivity contribution in [3.8, 4) is 10.6 Å². The minimum Gasteiger partial charge on any atom is -0.271 e. The Morgan fingerprint density at radius 1 is 1.50 bits per heavy atom. The summed E-state index contributed by atoms with van der Waals surface area (Å²) in [5, 5.41) is 4.56. The van der Waals surface area contributed by atoms with Crippen LogP contribution in [-0.4, -0.2) is 9.78 Å². The number of rotatable bonds is 3. The summed E-state index contributed by atoms with van der Waals surface area (Å²) in [6, 6.07) is 3.90. The van der Waals surface area contributed by atoms with Gasteiger partial charge in [0, 0.05) is 12.7 Å². The fraction of sp³-hybridized carbons (Fsp3) is 0.364. The Labute approximate surface area is 112 Å². The van der Waals surface area contributed by atoms with Crippen LogP contribution in [0.1, 0.15) is 13.8 Å². The van der Waals surface area contributed by atoms with Crippen molar-refractivity contribution < 1.29 is 0 Å². The van der Waals surface area contributed by atoms with Gasteiger partial charge in [-0.05, 0) is 34.0 Å². The maximum absolute atomic E-state index is 5.92. The minimum atomic E-state index is 0.589. The highest BCUT2D eigenvalue weighted by molar-refractivity contribution is 9.10. The molecule has 2 heterocycles. The zero-order valence-corrected chi connectivity index (χ0v) is 12.2. The third kappa shape index (κ3) is 2.67. The van der Waals surface area contributed by atoms with Crippen LogP contribution in [0.3, 0.4) is 0 Å². The Bertz CT molecular complexity index is 490. The van der Waals surface area contributed by atoms with Crippen molar-refractivity contribution in [2.24, 2.45) is 5.92 Å². The second kappa shape index (κ2) is 4.90. The van der Waals surface area contributed by atoms with Crippen LogP contribution < -0.4 is 0 Å². The van der Waals surface area contributed by atoms with Gasteiger partial charge in [-0.25, -0.2) is 0 Å². The van der Waals surface area contributed by atoms with E-state index in [-0.39, 0.29) is 0 Å². The number of thiophene rings is 1. The molecule has 86 valence electrons. The van der Waals surface area contributed by atoms with Crippen molar-refractivity contribution in [2.45, 2.75) is 20.4 Å². The topological polar surface area (TPSA) is 17.8 Å². The zero-order valence-electron chi connectivity index (χ0n) is 9.08. The van der Waals surface area contributed by atoms with E-state index in [9.17, 15) is 0 Å². The SMILES string of the molecule is CC(C)Cn1cc(Br)c(-c2ccc(Cl)s2)n1. The molecule has 0 saturated heterocycles. The van der Waals surface area contributed by atoms with Gasteiger partial charge in [0.05, 0.1) is 13.7 Å². The molecule has 0 radical (unpaired) electrons. The van der Waals surface area contributed by atoms with E-state index in [2.05, 4.69) is 34.9 Å². The lowest BCUT2D eigenvalue weighted by Crippen LogP contribution is -2.04. The van der Waals surface area contributed by atoms with Crippen molar-refractivity contribution in [3.05, 3.63) is 27.1 Å². The average Bonchev–Trinajstić information content (AvgIpc) is 2.72. The molecule has 0 unspecified atom stereocenters. The minimum absolute atomic E-state index is 0.589. The maximum atomic E-state index is 5.92. The summed E-state index contributed by atoms with van der Waals surface area (Å²) in [6.45, 7) is 5.28. The number of halogens is 2. The quantitative estimate of drug-likeness (QED) is 0.803. The van der Waals surface area contributed by atoms with Crippen molar-refractivity contribution >= 4 is 38.9 Å². The molecule has 0 aliphatic heterocycles. The molecule has 0 aliphatic carbocycles. The van der Waals surface area contributed by atoms with Gasteiger partial charge in [-0.1, -0.05) is 25.4 Å². The molecule has 16 heavy (non-hydrogen) atoms. The fourth-order valence-corrected chi connectivity index (χ4v) is 3.18. The van der Waals surface area contributed by atoms with Gasteiger partial charge in [-0.2, -0.15) is 5.10 Å². The first-order chi connectivity index (χ1) is 7.56. The van der Waals surface area contributed by atoms with Crippen LogP contribution in [0.2, 0.25) is 4.34 Å². The standard InChI is InChI=1S/C11H12BrClN2S/c1-7(2)5-15-6-8(12)11(14-15)9-3-4-10(13)16-9/h3-4,6-7H,5H2,1-2H3. The number of nitrogens with zero attached hydrogens (tertiary/aromatic N) is 2. The van der Waals surface area contributed by atoms with Gasteiger partial charge in [0.25, 0.3) is 0 Å². The molecular formula is C11H12BrClN2S. The van der Waals surface area contributed by atoms with Gasteiger partial charge in [0.15, 0.2) is 0 Å². The lowest BCUT2D eigenvalue weighted by Gasteiger charge is -2.03. The second-order valence-corrected chi connectivity index (χ2v) is 6.61. The largest absolute Gasteiger partial charge is 0.271 e. The summed E-state index contributed by atoms with van der Waals surface area (Å²) in [7, 11) is 0. The molecular weight excluding hydrogens is 308 g/mol. The maximum Gasteiger partial charge on any atom is 0.116 e. The average molecular weight is 320 g/mol. The molecule has 0 saturated carbocycles. The van der Waals surface area contributed by atoms with Gasteiger partial charge in [-0.3, -0.25) is 4.68 Å². The van der Waals surface area contributed by atoms with E-state index < -0.39 is 0 Å². The Kier molecular flexibility index (Phi) is 3.72. The number of aromatic nitrogens is 2. The molecule has 0 fully saturated rings. The van der Waals surface area contributed by atoms with E-state index >= 15 is 0 Å². The second-order valence-electron chi connectivity index (χ2n) is 4.05. The molecule has 2 rings (SSSR count). The van der Waals surface area contributed by atoms with E-state index in [0.717, 1.165) is 25.9 Å². The summed E-state index contributed by atoms with van der Waals surface area (Å²) in [6.07, 6.45) is 2.02. The molecule has 0 spiro atoms. The van der Waals surface area contributed by atoms with Gasteiger partial charge in [0.1, 0.15) is 5.69 Å². The van der Waals surface area contributed by atoms with Crippen LogP contribution in [0.25, 0.3) is 10.6 Å². The highest BCUT2D eigenvalue weighted by Crippen LogP contribution is 2.34. The first kappa shape index (κ1) is 12.1. The predicted octanol–water partition coefficient (Wildman–Crippen LogP) is 4.68. The van der Waals surface area contributed by atoms with Crippen LogP contribution in [0, 0.1) is 5.92 Å². The van der Waals surface area contributed by atoms with Gasteiger partial charge in [0.2, 0.25) is 0 Å². The van der Waals surface area contributed by atoms with Crippen molar-refractivity contribution in [2.75, 3.05) is 0 Å². The first-order valence-corrected chi connectivity index (χ1v) is 7.03. The molecule has 2 nitrogen and oxygen atoms in total. The summed E-state index contributed by atoms with van der Waals surface area (Å²) in [5.41, 5.74) is 0.970. The van der Waals surface area contributed by atoms with E-state index in [4.69, 9.17) is 11.6 Å². The van der Waals surface area contributed by atoms with E-state index in [1.54, 1.807) is 11.3 Å². The molecule has 0 amide bonds. The van der Waals surface area contributed by atoms with Gasteiger partial charge in [-0.15, -0.1) is 11.3 Å². The number of hydrogen-bond acceptors (Lipinski definition) is 2. The molecule has 0 aliphatic rings. The first-order valence-electron chi connectivity index (χ1n) is 5.05. The number of hydrogen-bond donors (Lipinski definition) is 0. The van der Waals surface area contributed by atoms with E-state index in [1.807, 2.05) is 23.0 Å². The Morgan fingerprint density at radius 2 is 2.25 bits per heavy atom. The Hall–Kier alpha value is -0.320. The van der Waals surface area contributed by atoms with Crippen LogP contribution >= 0.6 is 38.9 Å². The lowest BCUT2D eigenvalue weighted by molar-refractivity contribution is 0.484. The highest BCUT2D eigenvalue weighted by Gasteiger charge is 2.11. The summed E-state index contributed by atoms with van der Waals surface area (Å²) in [5.74, 6) is 0.589. The third-order valence-corrected chi connectivity index (χ3v) is 3.89. The normalized spacial score (nSPS) is 11.3. The zero-order chi connectivity index (χ0) is 11.7. The van der Waals surface area contributed by atoms with Crippen molar-refractivity contribution in [1.82, 2.24) is 9.78 Å². The Balaban J connectivity index is 2.31.